The van der Waals surface area contributed by atoms with Gasteiger partial charge in [0.15, 0.2) is 0 Å². The van der Waals surface area contributed by atoms with Crippen molar-refractivity contribution in [3.63, 3.8) is 0 Å². The number of nitrogens with zero attached hydrogens (tertiary/aromatic N) is 2. The van der Waals surface area contributed by atoms with Gasteiger partial charge in [-0.25, -0.2) is 9.78 Å². The van der Waals surface area contributed by atoms with Crippen molar-refractivity contribution >= 4 is 34.4 Å². The molecular weight excluding hydrogens is 404 g/mol. The Hall–Kier alpha value is -3.54. The van der Waals surface area contributed by atoms with E-state index in [4.69, 9.17) is 0 Å². The summed E-state index contributed by atoms with van der Waals surface area (Å²) in [6, 6.07) is 14.2. The predicted octanol–water partition coefficient (Wildman–Crippen LogP) is 4.83. The van der Waals surface area contributed by atoms with Crippen LogP contribution in [0.15, 0.2) is 48.5 Å². The minimum atomic E-state index is -1.01. The molecule has 2 amide bonds. The number of amides is 2. The van der Waals surface area contributed by atoms with E-state index < -0.39 is 5.97 Å². The van der Waals surface area contributed by atoms with Crippen LogP contribution in [0.25, 0.3) is 22.2 Å². The van der Waals surface area contributed by atoms with Gasteiger partial charge in [-0.3, -0.25) is 14.5 Å². The Morgan fingerprint density at radius 1 is 1.00 bits per heavy atom. The molecule has 2 heterocycles. The van der Waals surface area contributed by atoms with Crippen LogP contribution in [-0.2, 0) is 9.59 Å². The standard InChI is InChI=1S/C26H24N2O4/c1-14-3-9-18-20(12-14)25(30)28(24(18)29)17-7-5-16(6-8-17)23-13-21(26(31)32)19-11-15(2)4-10-22(19)27-23/h4-8,10-11,13-14,18,20H,3,9,12H2,1-2H3,(H,31,32)/t14-,18-,20-/m0/s1. The molecule has 32 heavy (non-hydrogen) atoms. The topological polar surface area (TPSA) is 87.6 Å². The largest absolute Gasteiger partial charge is 0.478 e. The summed E-state index contributed by atoms with van der Waals surface area (Å²) in [6.45, 7) is 4.05. The molecule has 1 saturated heterocycles. The number of imide groups is 1. The summed E-state index contributed by atoms with van der Waals surface area (Å²) in [5.74, 6) is -1.18. The lowest BCUT2D eigenvalue weighted by molar-refractivity contribution is -0.122. The number of aromatic nitrogens is 1. The van der Waals surface area contributed by atoms with Crippen LogP contribution in [0.5, 0.6) is 0 Å². The minimum Gasteiger partial charge on any atom is -0.478 e. The smallest absolute Gasteiger partial charge is 0.336 e. The second-order valence-electron chi connectivity index (χ2n) is 9.07. The first-order valence-electron chi connectivity index (χ1n) is 11.0. The van der Waals surface area contributed by atoms with Crippen LogP contribution in [0, 0.1) is 24.7 Å². The highest BCUT2D eigenvalue weighted by Gasteiger charge is 2.49. The van der Waals surface area contributed by atoms with Gasteiger partial charge in [-0.1, -0.05) is 30.7 Å². The molecule has 6 nitrogen and oxygen atoms in total. The predicted molar refractivity (Wildman–Crippen MR) is 121 cm³/mol. The van der Waals surface area contributed by atoms with E-state index in [2.05, 4.69) is 11.9 Å². The summed E-state index contributed by atoms with van der Waals surface area (Å²) < 4.78 is 0. The van der Waals surface area contributed by atoms with Crippen molar-refractivity contribution < 1.29 is 19.5 Å². The lowest BCUT2D eigenvalue weighted by atomic mass is 9.76. The van der Waals surface area contributed by atoms with Crippen LogP contribution in [0.3, 0.4) is 0 Å². The second-order valence-corrected chi connectivity index (χ2v) is 9.07. The lowest BCUT2D eigenvalue weighted by Crippen LogP contribution is -2.30. The first kappa shape index (κ1) is 20.4. The van der Waals surface area contributed by atoms with Crippen molar-refractivity contribution in [3.8, 4) is 11.3 Å². The van der Waals surface area contributed by atoms with Crippen molar-refractivity contribution in [3.05, 3.63) is 59.7 Å². The van der Waals surface area contributed by atoms with E-state index in [0.717, 1.165) is 30.4 Å². The molecule has 1 aliphatic carbocycles. The van der Waals surface area contributed by atoms with Crippen molar-refractivity contribution in [2.45, 2.75) is 33.1 Å². The highest BCUT2D eigenvalue weighted by atomic mass is 16.4. The molecule has 1 saturated carbocycles. The van der Waals surface area contributed by atoms with Gasteiger partial charge >= 0.3 is 5.97 Å². The fourth-order valence-corrected chi connectivity index (χ4v) is 5.09. The van der Waals surface area contributed by atoms with Gasteiger partial charge in [0, 0.05) is 10.9 Å². The van der Waals surface area contributed by atoms with Crippen LogP contribution < -0.4 is 4.90 Å². The number of carbonyl (C=O) groups is 3. The van der Waals surface area contributed by atoms with Gasteiger partial charge in [-0.15, -0.1) is 0 Å². The molecule has 2 aliphatic rings. The molecule has 1 aliphatic heterocycles. The maximum absolute atomic E-state index is 13.0. The average Bonchev–Trinajstić information content (AvgIpc) is 3.02. The first-order valence-corrected chi connectivity index (χ1v) is 11.0. The van der Waals surface area contributed by atoms with Crippen molar-refractivity contribution in [1.29, 1.82) is 0 Å². The van der Waals surface area contributed by atoms with Gasteiger partial charge < -0.3 is 5.11 Å². The quantitative estimate of drug-likeness (QED) is 0.604. The number of aryl methyl sites for hydroxylation is 1. The zero-order valence-corrected chi connectivity index (χ0v) is 18.0. The lowest BCUT2D eigenvalue weighted by Gasteiger charge is -2.25. The Balaban J connectivity index is 1.50. The number of carbonyl (C=O) groups excluding carboxylic acids is 2. The third kappa shape index (κ3) is 3.27. The fourth-order valence-electron chi connectivity index (χ4n) is 5.09. The third-order valence-electron chi connectivity index (χ3n) is 6.80. The molecule has 1 N–H and O–H groups in total. The van der Waals surface area contributed by atoms with Crippen LogP contribution in [0.4, 0.5) is 5.69 Å². The summed E-state index contributed by atoms with van der Waals surface area (Å²) >= 11 is 0. The van der Waals surface area contributed by atoms with Gasteiger partial charge in [-0.05, 0) is 62.4 Å². The van der Waals surface area contributed by atoms with Gasteiger partial charge in [0.25, 0.3) is 0 Å². The molecule has 0 bridgehead atoms. The molecule has 0 spiro atoms. The van der Waals surface area contributed by atoms with Crippen molar-refractivity contribution in [2.24, 2.45) is 17.8 Å². The Kier molecular flexibility index (Phi) is 4.81. The normalized spacial score (nSPS) is 22.9. The zero-order valence-electron chi connectivity index (χ0n) is 18.0. The first-order chi connectivity index (χ1) is 15.3. The SMILES string of the molecule is Cc1ccc2nc(-c3ccc(N4C(=O)[C@H]5CC[C@H](C)C[C@@H]5C4=O)cc3)cc(C(=O)O)c2c1. The second kappa shape index (κ2) is 7.55. The average molecular weight is 428 g/mol. The number of hydrogen-bond acceptors (Lipinski definition) is 4. The molecule has 2 aromatic carbocycles. The zero-order chi connectivity index (χ0) is 22.6. The maximum Gasteiger partial charge on any atom is 0.336 e. The van der Waals surface area contributed by atoms with Gasteiger partial charge in [0.05, 0.1) is 34.3 Å². The van der Waals surface area contributed by atoms with Gasteiger partial charge in [0.1, 0.15) is 0 Å². The molecule has 5 rings (SSSR count). The van der Waals surface area contributed by atoms with E-state index in [1.807, 2.05) is 25.1 Å². The molecular formula is C26H24N2O4. The highest BCUT2D eigenvalue weighted by molar-refractivity contribution is 6.22. The van der Waals surface area contributed by atoms with Gasteiger partial charge in [-0.2, -0.15) is 0 Å². The molecule has 0 unspecified atom stereocenters. The Morgan fingerprint density at radius 2 is 1.72 bits per heavy atom. The van der Waals surface area contributed by atoms with E-state index in [-0.39, 0.29) is 29.2 Å². The van der Waals surface area contributed by atoms with E-state index in [1.54, 1.807) is 30.3 Å². The molecule has 2 fully saturated rings. The number of carboxylic acids is 1. The number of fused-ring (bicyclic) bond motifs is 2. The van der Waals surface area contributed by atoms with E-state index in [9.17, 15) is 19.5 Å². The van der Waals surface area contributed by atoms with Gasteiger partial charge in [0.2, 0.25) is 11.8 Å². The van der Waals surface area contributed by atoms with Crippen molar-refractivity contribution in [1.82, 2.24) is 4.98 Å². The number of pyridine rings is 1. The number of aromatic carboxylic acids is 1. The maximum atomic E-state index is 13.0. The number of carboxylic acid groups (broad SMARTS) is 1. The summed E-state index contributed by atoms with van der Waals surface area (Å²) in [7, 11) is 0. The Labute approximate surface area is 185 Å². The monoisotopic (exact) mass is 428 g/mol. The molecule has 1 aromatic heterocycles. The summed E-state index contributed by atoms with van der Waals surface area (Å²) in [4.78, 5) is 43.7. The highest BCUT2D eigenvalue weighted by Crippen LogP contribution is 2.42. The van der Waals surface area contributed by atoms with E-state index >= 15 is 0 Å². The molecule has 3 atom stereocenters. The van der Waals surface area contributed by atoms with E-state index in [0.29, 0.717) is 28.2 Å². The number of rotatable bonds is 3. The molecule has 3 aromatic rings. The minimum absolute atomic E-state index is 0.105. The van der Waals surface area contributed by atoms with Crippen LogP contribution >= 0.6 is 0 Å². The molecule has 0 radical (unpaired) electrons. The Bertz CT molecular complexity index is 1260. The number of anilines is 1. The van der Waals surface area contributed by atoms with E-state index in [1.165, 1.54) is 4.90 Å². The molecule has 6 heteroatoms. The summed E-state index contributed by atoms with van der Waals surface area (Å²) in [6.07, 6.45) is 2.51. The Morgan fingerprint density at radius 3 is 2.44 bits per heavy atom. The molecule has 162 valence electrons. The summed E-state index contributed by atoms with van der Waals surface area (Å²) in [5.41, 5.74) is 3.59. The van der Waals surface area contributed by atoms with Crippen LogP contribution in [0.1, 0.15) is 42.1 Å². The van der Waals surface area contributed by atoms with Crippen LogP contribution in [-0.4, -0.2) is 27.9 Å². The fraction of sp³-hybridized carbons (Fsp3) is 0.308. The summed E-state index contributed by atoms with van der Waals surface area (Å²) in [5, 5.41) is 10.3. The third-order valence-corrected chi connectivity index (χ3v) is 6.80. The van der Waals surface area contributed by atoms with Crippen LogP contribution in [0.2, 0.25) is 0 Å². The van der Waals surface area contributed by atoms with Crippen molar-refractivity contribution in [2.75, 3.05) is 4.90 Å². The number of hydrogen-bond donors (Lipinski definition) is 1. The number of benzene rings is 2.